The van der Waals surface area contributed by atoms with Gasteiger partial charge in [0.1, 0.15) is 0 Å². The molecule has 1 saturated carbocycles. The van der Waals surface area contributed by atoms with Crippen molar-refractivity contribution >= 4 is 5.97 Å². The molecule has 1 aliphatic rings. The first kappa shape index (κ1) is 7.32. The van der Waals surface area contributed by atoms with E-state index in [0.29, 0.717) is 5.92 Å². The molecule has 0 radical (unpaired) electrons. The molecule has 10 heavy (non-hydrogen) atoms. The predicted octanol–water partition coefficient (Wildman–Crippen LogP) is 1.52. The minimum absolute atomic E-state index is 0.244. The maximum absolute atomic E-state index is 10.5. The van der Waals surface area contributed by atoms with E-state index in [0.717, 1.165) is 0 Å². The van der Waals surface area contributed by atoms with Gasteiger partial charge in [0.25, 0.3) is 0 Å². The molecule has 0 aromatic carbocycles. The van der Waals surface area contributed by atoms with Gasteiger partial charge in [-0.2, -0.15) is 0 Å². The third-order valence-corrected chi connectivity index (χ3v) is 1.86. The minimum atomic E-state index is -0.244. The maximum Gasteiger partial charge on any atom is 0.330 e. The van der Waals surface area contributed by atoms with Crippen LogP contribution >= 0.6 is 0 Å². The molecule has 1 aliphatic carbocycles. The van der Waals surface area contributed by atoms with Crippen LogP contribution in [0.2, 0.25) is 0 Å². The van der Waals surface area contributed by atoms with Gasteiger partial charge < -0.3 is 4.74 Å². The fourth-order valence-electron chi connectivity index (χ4n) is 0.915. The standard InChI is InChI=1S/C8H12O2/c1-10-8(9)6-5-7-3-2-4-7/h5-7H,2-4H2,1H3. The minimum Gasteiger partial charge on any atom is -0.466 e. The van der Waals surface area contributed by atoms with Crippen molar-refractivity contribution in [1.82, 2.24) is 0 Å². The van der Waals surface area contributed by atoms with E-state index >= 15 is 0 Å². The van der Waals surface area contributed by atoms with Crippen molar-refractivity contribution in [2.24, 2.45) is 5.92 Å². The maximum atomic E-state index is 10.5. The molecule has 1 rings (SSSR count). The zero-order valence-electron chi connectivity index (χ0n) is 6.17. The number of rotatable bonds is 2. The monoisotopic (exact) mass is 140 g/mol. The van der Waals surface area contributed by atoms with E-state index in [1.165, 1.54) is 32.4 Å². The van der Waals surface area contributed by atoms with Gasteiger partial charge in [-0.1, -0.05) is 12.5 Å². The van der Waals surface area contributed by atoms with Crippen LogP contribution < -0.4 is 0 Å². The molecule has 0 N–H and O–H groups in total. The zero-order chi connectivity index (χ0) is 7.40. The molecule has 0 amide bonds. The van der Waals surface area contributed by atoms with Crippen LogP contribution in [0, 0.1) is 5.92 Å². The van der Waals surface area contributed by atoms with Crippen LogP contribution in [0.3, 0.4) is 0 Å². The highest BCUT2D eigenvalue weighted by atomic mass is 16.5. The van der Waals surface area contributed by atoms with Crippen molar-refractivity contribution < 1.29 is 9.53 Å². The lowest BCUT2D eigenvalue weighted by molar-refractivity contribution is -0.134. The van der Waals surface area contributed by atoms with Gasteiger partial charge in [-0.25, -0.2) is 4.79 Å². The summed E-state index contributed by atoms with van der Waals surface area (Å²) in [6.07, 6.45) is 7.22. The smallest absolute Gasteiger partial charge is 0.330 e. The number of carbonyl (C=O) groups excluding carboxylic acids is 1. The van der Waals surface area contributed by atoms with Crippen LogP contribution in [0.25, 0.3) is 0 Å². The molecule has 0 spiro atoms. The second kappa shape index (κ2) is 3.40. The van der Waals surface area contributed by atoms with E-state index in [1.807, 2.05) is 6.08 Å². The molecule has 0 unspecified atom stereocenters. The normalized spacial score (nSPS) is 18.9. The lowest BCUT2D eigenvalue weighted by Gasteiger charge is -2.20. The molecule has 0 aromatic heterocycles. The summed E-state index contributed by atoms with van der Waals surface area (Å²) in [6.45, 7) is 0. The van der Waals surface area contributed by atoms with Crippen LogP contribution in [0.1, 0.15) is 19.3 Å². The van der Waals surface area contributed by atoms with E-state index < -0.39 is 0 Å². The first-order chi connectivity index (χ1) is 4.83. The van der Waals surface area contributed by atoms with Gasteiger partial charge >= 0.3 is 5.97 Å². The number of methoxy groups -OCH3 is 1. The molecule has 0 bridgehead atoms. The Bertz CT molecular complexity index is 145. The fourth-order valence-corrected chi connectivity index (χ4v) is 0.915. The van der Waals surface area contributed by atoms with Gasteiger partial charge in [0.15, 0.2) is 0 Å². The van der Waals surface area contributed by atoms with Crippen molar-refractivity contribution in [3.8, 4) is 0 Å². The Morgan fingerprint density at radius 2 is 2.30 bits per heavy atom. The van der Waals surface area contributed by atoms with Gasteiger partial charge in [-0.3, -0.25) is 0 Å². The number of allylic oxidation sites excluding steroid dienone is 1. The lowest BCUT2D eigenvalue weighted by Crippen LogP contribution is -2.08. The summed E-state index contributed by atoms with van der Waals surface area (Å²) in [4.78, 5) is 10.5. The van der Waals surface area contributed by atoms with Gasteiger partial charge in [0, 0.05) is 6.08 Å². The van der Waals surface area contributed by atoms with Gasteiger partial charge in [0.05, 0.1) is 7.11 Å². The van der Waals surface area contributed by atoms with Crippen LogP contribution in [-0.2, 0) is 9.53 Å². The summed E-state index contributed by atoms with van der Waals surface area (Å²) >= 11 is 0. The van der Waals surface area contributed by atoms with Crippen LogP contribution in [0.15, 0.2) is 12.2 Å². The molecule has 2 nitrogen and oxygen atoms in total. The largest absolute Gasteiger partial charge is 0.466 e. The summed E-state index contributed by atoms with van der Waals surface area (Å²) < 4.78 is 4.44. The van der Waals surface area contributed by atoms with E-state index in [2.05, 4.69) is 4.74 Å². The number of ether oxygens (including phenoxy) is 1. The van der Waals surface area contributed by atoms with Crippen LogP contribution in [0.4, 0.5) is 0 Å². The Morgan fingerprint density at radius 1 is 1.60 bits per heavy atom. The molecule has 0 saturated heterocycles. The zero-order valence-corrected chi connectivity index (χ0v) is 6.17. The molecule has 56 valence electrons. The molecule has 0 aromatic rings. The predicted molar refractivity (Wildman–Crippen MR) is 38.5 cm³/mol. The van der Waals surface area contributed by atoms with E-state index in [1.54, 1.807) is 0 Å². The SMILES string of the molecule is COC(=O)C=CC1CCC1. The van der Waals surface area contributed by atoms with Gasteiger partial charge in [-0.15, -0.1) is 0 Å². The van der Waals surface area contributed by atoms with Crippen molar-refractivity contribution in [1.29, 1.82) is 0 Å². The Kier molecular flexibility index (Phi) is 2.49. The third-order valence-electron chi connectivity index (χ3n) is 1.86. The summed E-state index contributed by atoms with van der Waals surface area (Å²) in [5.74, 6) is 0.394. The average molecular weight is 140 g/mol. The number of carbonyl (C=O) groups is 1. The highest BCUT2D eigenvalue weighted by Gasteiger charge is 2.13. The highest BCUT2D eigenvalue weighted by Crippen LogP contribution is 2.27. The number of hydrogen-bond acceptors (Lipinski definition) is 2. The summed E-state index contributed by atoms with van der Waals surface area (Å²) in [7, 11) is 1.40. The highest BCUT2D eigenvalue weighted by molar-refractivity contribution is 5.81. The summed E-state index contributed by atoms with van der Waals surface area (Å²) in [5, 5.41) is 0. The molecular weight excluding hydrogens is 128 g/mol. The Hall–Kier alpha value is -0.790. The third kappa shape index (κ3) is 1.87. The molecule has 0 aliphatic heterocycles. The number of hydrogen-bond donors (Lipinski definition) is 0. The van der Waals surface area contributed by atoms with E-state index in [4.69, 9.17) is 0 Å². The number of esters is 1. The van der Waals surface area contributed by atoms with Gasteiger partial charge in [-0.05, 0) is 18.8 Å². The molecule has 0 atom stereocenters. The molecule has 0 heterocycles. The molecule has 1 fully saturated rings. The van der Waals surface area contributed by atoms with Crippen molar-refractivity contribution in [2.45, 2.75) is 19.3 Å². The van der Waals surface area contributed by atoms with Crippen LogP contribution in [-0.4, -0.2) is 13.1 Å². The summed E-state index contributed by atoms with van der Waals surface area (Å²) in [5.41, 5.74) is 0. The summed E-state index contributed by atoms with van der Waals surface area (Å²) in [6, 6.07) is 0. The Balaban J connectivity index is 2.21. The average Bonchev–Trinajstić information content (AvgIpc) is 1.84. The first-order valence-corrected chi connectivity index (χ1v) is 3.59. The lowest BCUT2D eigenvalue weighted by atomic mass is 9.85. The fraction of sp³-hybridized carbons (Fsp3) is 0.625. The van der Waals surface area contributed by atoms with Gasteiger partial charge in [0.2, 0.25) is 0 Å². The Labute approximate surface area is 60.9 Å². The topological polar surface area (TPSA) is 26.3 Å². The second-order valence-corrected chi connectivity index (χ2v) is 2.57. The molecular formula is C8H12O2. The van der Waals surface area contributed by atoms with E-state index in [-0.39, 0.29) is 5.97 Å². The first-order valence-electron chi connectivity index (χ1n) is 3.59. The van der Waals surface area contributed by atoms with Crippen molar-refractivity contribution in [2.75, 3.05) is 7.11 Å². The van der Waals surface area contributed by atoms with Crippen molar-refractivity contribution in [3.05, 3.63) is 12.2 Å². The second-order valence-electron chi connectivity index (χ2n) is 2.57. The van der Waals surface area contributed by atoms with Crippen molar-refractivity contribution in [3.63, 3.8) is 0 Å². The van der Waals surface area contributed by atoms with E-state index in [9.17, 15) is 4.79 Å². The Morgan fingerprint density at radius 3 is 2.70 bits per heavy atom. The quantitative estimate of drug-likeness (QED) is 0.429. The van der Waals surface area contributed by atoms with Crippen LogP contribution in [0.5, 0.6) is 0 Å². The molecule has 2 heteroatoms.